The van der Waals surface area contributed by atoms with Gasteiger partial charge < -0.3 is 36.4 Å². The quantitative estimate of drug-likeness (QED) is 0.300. The number of hydrogen-bond acceptors (Lipinski definition) is 7. The van der Waals surface area contributed by atoms with E-state index in [1.54, 1.807) is 24.3 Å². The van der Waals surface area contributed by atoms with Crippen molar-refractivity contribution in [2.75, 3.05) is 6.54 Å². The van der Waals surface area contributed by atoms with Gasteiger partial charge in [-0.05, 0) is 36.6 Å². The molecule has 0 aliphatic heterocycles. The Bertz CT molecular complexity index is 921. The van der Waals surface area contributed by atoms with Crippen LogP contribution in [0.4, 0.5) is 4.79 Å². The van der Waals surface area contributed by atoms with Crippen LogP contribution in [0, 0.1) is 0 Å². The van der Waals surface area contributed by atoms with Crippen LogP contribution in [0.25, 0.3) is 0 Å². The zero-order valence-electron chi connectivity index (χ0n) is 17.4. The number of alkyl carbamates (subject to hydrolysis) is 1. The maximum absolute atomic E-state index is 12.7. The first-order chi connectivity index (χ1) is 15.3. The number of carbonyl (C=O) groups excluding carboxylic acids is 2. The van der Waals surface area contributed by atoms with Gasteiger partial charge in [0.05, 0.1) is 0 Å². The second kappa shape index (κ2) is 12.2. The predicted molar refractivity (Wildman–Crippen MR) is 115 cm³/mol. The number of carboxylic acid groups (broad SMARTS) is 1. The molecular formula is C22H27N3O7. The molecule has 2 aromatic carbocycles. The van der Waals surface area contributed by atoms with Crippen LogP contribution in [0.1, 0.15) is 24.0 Å². The summed E-state index contributed by atoms with van der Waals surface area (Å²) < 4.78 is 5.13. The molecule has 172 valence electrons. The van der Waals surface area contributed by atoms with E-state index in [0.29, 0.717) is 6.42 Å². The minimum Gasteiger partial charge on any atom is -0.508 e. The SMILES string of the molecule is NCCC[C@H](NC(=O)OCc1ccccc1)C(=O)N[C@@H](Cc1ccc(O)cc1O)C(=O)O. The fourth-order valence-corrected chi connectivity index (χ4v) is 2.91. The van der Waals surface area contributed by atoms with E-state index in [1.165, 1.54) is 12.1 Å². The van der Waals surface area contributed by atoms with Gasteiger partial charge in [-0.15, -0.1) is 0 Å². The topological polar surface area (TPSA) is 171 Å². The molecule has 7 N–H and O–H groups in total. The summed E-state index contributed by atoms with van der Waals surface area (Å²) >= 11 is 0. The summed E-state index contributed by atoms with van der Waals surface area (Å²) in [6, 6.07) is 10.3. The second-order valence-electron chi connectivity index (χ2n) is 7.11. The van der Waals surface area contributed by atoms with Crippen molar-refractivity contribution in [3.8, 4) is 11.5 Å². The lowest BCUT2D eigenvalue weighted by atomic mass is 10.0. The van der Waals surface area contributed by atoms with Gasteiger partial charge in [0.25, 0.3) is 0 Å². The van der Waals surface area contributed by atoms with E-state index in [0.717, 1.165) is 11.6 Å². The number of carbonyl (C=O) groups is 3. The second-order valence-corrected chi connectivity index (χ2v) is 7.11. The summed E-state index contributed by atoms with van der Waals surface area (Å²) in [5.74, 6) is -2.52. The molecule has 0 radical (unpaired) electrons. The first-order valence-electron chi connectivity index (χ1n) is 10.0. The minimum absolute atomic E-state index is 0.00970. The summed E-state index contributed by atoms with van der Waals surface area (Å²) in [7, 11) is 0. The summed E-state index contributed by atoms with van der Waals surface area (Å²) in [4.78, 5) is 36.5. The van der Waals surface area contributed by atoms with Crippen molar-refractivity contribution < 1.29 is 34.4 Å². The fraction of sp³-hybridized carbons (Fsp3) is 0.318. The number of nitrogens with two attached hydrogens (primary N) is 1. The van der Waals surface area contributed by atoms with Gasteiger partial charge in [0, 0.05) is 12.5 Å². The third kappa shape index (κ3) is 7.80. The van der Waals surface area contributed by atoms with E-state index in [2.05, 4.69) is 10.6 Å². The molecule has 0 aliphatic carbocycles. The van der Waals surface area contributed by atoms with Crippen LogP contribution in [0.3, 0.4) is 0 Å². The minimum atomic E-state index is -1.37. The summed E-state index contributed by atoms with van der Waals surface area (Å²) in [6.07, 6.45) is -0.461. The Morgan fingerprint density at radius 3 is 2.34 bits per heavy atom. The van der Waals surface area contributed by atoms with Crippen LogP contribution in [0.15, 0.2) is 48.5 Å². The van der Waals surface area contributed by atoms with E-state index in [1.807, 2.05) is 6.07 Å². The zero-order valence-corrected chi connectivity index (χ0v) is 17.4. The molecule has 2 amide bonds. The van der Waals surface area contributed by atoms with E-state index in [4.69, 9.17) is 10.5 Å². The summed E-state index contributed by atoms with van der Waals surface area (Å²) in [5.41, 5.74) is 6.50. The van der Waals surface area contributed by atoms with Gasteiger partial charge in [0.1, 0.15) is 30.2 Å². The summed E-state index contributed by atoms with van der Waals surface area (Å²) in [6.45, 7) is 0.282. The van der Waals surface area contributed by atoms with Gasteiger partial charge >= 0.3 is 12.1 Å². The van der Waals surface area contributed by atoms with E-state index in [-0.39, 0.29) is 43.1 Å². The molecule has 2 atom stereocenters. The molecule has 0 saturated heterocycles. The number of aliphatic carboxylic acids is 1. The molecule has 0 heterocycles. The van der Waals surface area contributed by atoms with Crippen LogP contribution >= 0.6 is 0 Å². The van der Waals surface area contributed by atoms with Gasteiger partial charge in [-0.2, -0.15) is 0 Å². The molecule has 0 fully saturated rings. The Morgan fingerprint density at radius 2 is 1.72 bits per heavy atom. The maximum Gasteiger partial charge on any atom is 0.408 e. The number of nitrogens with one attached hydrogen (secondary N) is 2. The van der Waals surface area contributed by atoms with E-state index in [9.17, 15) is 29.7 Å². The van der Waals surface area contributed by atoms with Crippen molar-refractivity contribution in [1.29, 1.82) is 0 Å². The van der Waals surface area contributed by atoms with Crippen molar-refractivity contribution in [3.63, 3.8) is 0 Å². The van der Waals surface area contributed by atoms with Gasteiger partial charge in [-0.25, -0.2) is 9.59 Å². The van der Waals surface area contributed by atoms with Crippen molar-refractivity contribution in [2.45, 2.75) is 38.0 Å². The monoisotopic (exact) mass is 445 g/mol. The third-order valence-corrected chi connectivity index (χ3v) is 4.63. The number of hydrogen-bond donors (Lipinski definition) is 6. The number of phenolic OH excluding ortho intramolecular Hbond substituents is 2. The van der Waals surface area contributed by atoms with E-state index < -0.39 is 30.1 Å². The van der Waals surface area contributed by atoms with Crippen LogP contribution < -0.4 is 16.4 Å². The highest BCUT2D eigenvalue weighted by molar-refractivity contribution is 5.89. The normalized spacial score (nSPS) is 12.4. The highest BCUT2D eigenvalue weighted by atomic mass is 16.5. The van der Waals surface area contributed by atoms with Crippen LogP contribution in [-0.2, 0) is 27.4 Å². The first-order valence-corrected chi connectivity index (χ1v) is 10.0. The Labute approximate surface area is 185 Å². The molecule has 2 aromatic rings. The van der Waals surface area contributed by atoms with Crippen molar-refractivity contribution in [1.82, 2.24) is 10.6 Å². The summed E-state index contributed by atoms with van der Waals surface area (Å²) in [5, 5.41) is 33.6. The molecule has 0 aromatic heterocycles. The van der Waals surface area contributed by atoms with Crippen LogP contribution in [-0.4, -0.2) is 51.9 Å². The van der Waals surface area contributed by atoms with Gasteiger partial charge in [0.15, 0.2) is 0 Å². The highest BCUT2D eigenvalue weighted by Gasteiger charge is 2.27. The first kappa shape index (κ1) is 24.5. The average Bonchev–Trinajstić information content (AvgIpc) is 2.76. The average molecular weight is 445 g/mol. The number of amides is 2. The Hall–Kier alpha value is -3.79. The number of ether oxygens (including phenoxy) is 1. The van der Waals surface area contributed by atoms with Crippen molar-refractivity contribution in [2.24, 2.45) is 5.73 Å². The van der Waals surface area contributed by atoms with Crippen molar-refractivity contribution in [3.05, 3.63) is 59.7 Å². The zero-order chi connectivity index (χ0) is 23.5. The molecule has 32 heavy (non-hydrogen) atoms. The van der Waals surface area contributed by atoms with Crippen LogP contribution in [0.5, 0.6) is 11.5 Å². The largest absolute Gasteiger partial charge is 0.508 e. The fourth-order valence-electron chi connectivity index (χ4n) is 2.91. The third-order valence-electron chi connectivity index (χ3n) is 4.63. The molecular weight excluding hydrogens is 418 g/mol. The van der Waals surface area contributed by atoms with Gasteiger partial charge in [-0.3, -0.25) is 4.79 Å². The van der Waals surface area contributed by atoms with Crippen LogP contribution in [0.2, 0.25) is 0 Å². The number of phenols is 2. The van der Waals surface area contributed by atoms with E-state index >= 15 is 0 Å². The van der Waals surface area contributed by atoms with Crippen molar-refractivity contribution >= 4 is 18.0 Å². The number of carboxylic acids is 1. The molecule has 0 bridgehead atoms. The molecule has 0 unspecified atom stereocenters. The number of benzene rings is 2. The lowest BCUT2D eigenvalue weighted by Gasteiger charge is -2.21. The Morgan fingerprint density at radius 1 is 1.00 bits per heavy atom. The molecule has 2 rings (SSSR count). The molecule has 0 saturated carbocycles. The number of aromatic hydroxyl groups is 2. The standard InChI is InChI=1S/C22H27N3O7/c23-10-4-7-17(25-22(31)32-13-14-5-2-1-3-6-14)20(28)24-18(21(29)30)11-15-8-9-16(26)12-19(15)27/h1-3,5-6,8-9,12,17-18,26-27H,4,7,10-11,13,23H2,(H,24,28)(H,25,31)(H,29,30)/t17-,18-/m0/s1. The van der Waals surface area contributed by atoms with Gasteiger partial charge in [-0.1, -0.05) is 36.4 Å². The lowest BCUT2D eigenvalue weighted by molar-refractivity contribution is -0.142. The maximum atomic E-state index is 12.7. The molecule has 0 spiro atoms. The molecule has 10 heteroatoms. The Kier molecular flexibility index (Phi) is 9.30. The number of rotatable bonds is 11. The highest BCUT2D eigenvalue weighted by Crippen LogP contribution is 2.23. The predicted octanol–water partition coefficient (Wildman–Crippen LogP) is 1.24. The smallest absolute Gasteiger partial charge is 0.408 e. The molecule has 0 aliphatic rings. The lowest BCUT2D eigenvalue weighted by Crippen LogP contribution is -2.52. The van der Waals surface area contributed by atoms with Gasteiger partial charge in [0.2, 0.25) is 5.91 Å². The Balaban J connectivity index is 2.01. The molecule has 10 nitrogen and oxygen atoms in total.